The monoisotopic (exact) mass is 321 g/mol. The van der Waals surface area contributed by atoms with Crippen LogP contribution in [0.3, 0.4) is 0 Å². The molecule has 19 heavy (non-hydrogen) atoms. The van der Waals surface area contributed by atoms with Crippen LogP contribution in [0.25, 0.3) is 0 Å². The normalized spacial score (nSPS) is 15.1. The lowest BCUT2D eigenvalue weighted by Crippen LogP contribution is -2.16. The van der Waals surface area contributed by atoms with Crippen LogP contribution in [0.1, 0.15) is 22.9 Å². The Morgan fingerprint density at radius 2 is 2.37 bits per heavy atom. The molecule has 1 aliphatic heterocycles. The minimum absolute atomic E-state index is 0.0740. The second kappa shape index (κ2) is 4.98. The van der Waals surface area contributed by atoms with Crippen LogP contribution in [0.15, 0.2) is 29.1 Å². The standard InChI is InChI=1S/C14H16BrN3O/c1-18-8-17-7-13(18)12(16)6-10-5-11(15)4-9-2-3-19-14(9)10/h4-5,7-8,12H,2-3,6,16H2,1H3. The summed E-state index contributed by atoms with van der Waals surface area (Å²) in [6, 6.07) is 4.15. The van der Waals surface area contributed by atoms with Crippen molar-refractivity contribution in [3.63, 3.8) is 0 Å². The molecule has 2 N–H and O–H groups in total. The second-order valence-electron chi connectivity index (χ2n) is 4.89. The van der Waals surface area contributed by atoms with Crippen molar-refractivity contribution in [2.75, 3.05) is 6.61 Å². The molecule has 0 spiro atoms. The van der Waals surface area contributed by atoms with E-state index in [1.807, 2.05) is 17.8 Å². The van der Waals surface area contributed by atoms with E-state index < -0.39 is 0 Å². The number of nitrogens with two attached hydrogens (primary N) is 1. The van der Waals surface area contributed by atoms with Crippen LogP contribution in [0, 0.1) is 0 Å². The smallest absolute Gasteiger partial charge is 0.125 e. The summed E-state index contributed by atoms with van der Waals surface area (Å²) in [5, 5.41) is 0. The Labute approximate surface area is 120 Å². The lowest BCUT2D eigenvalue weighted by molar-refractivity contribution is 0.352. The molecule has 3 rings (SSSR count). The first kappa shape index (κ1) is 12.7. The van der Waals surface area contributed by atoms with Crippen molar-refractivity contribution in [3.8, 4) is 5.75 Å². The van der Waals surface area contributed by atoms with E-state index in [0.717, 1.165) is 40.9 Å². The van der Waals surface area contributed by atoms with Gasteiger partial charge in [-0.2, -0.15) is 0 Å². The zero-order chi connectivity index (χ0) is 13.4. The van der Waals surface area contributed by atoms with Gasteiger partial charge < -0.3 is 15.0 Å². The fraction of sp³-hybridized carbons (Fsp3) is 0.357. The Balaban J connectivity index is 1.90. The average molecular weight is 322 g/mol. The van der Waals surface area contributed by atoms with Crippen LogP contribution in [0.5, 0.6) is 5.75 Å². The fourth-order valence-electron chi connectivity index (χ4n) is 2.56. The number of imidazole rings is 1. The minimum atomic E-state index is -0.0740. The zero-order valence-corrected chi connectivity index (χ0v) is 12.4. The third kappa shape index (κ3) is 2.40. The van der Waals surface area contributed by atoms with Gasteiger partial charge >= 0.3 is 0 Å². The third-order valence-electron chi connectivity index (χ3n) is 3.50. The van der Waals surface area contributed by atoms with Gasteiger partial charge in [0, 0.05) is 24.1 Å². The second-order valence-corrected chi connectivity index (χ2v) is 5.81. The summed E-state index contributed by atoms with van der Waals surface area (Å²) in [7, 11) is 1.96. The van der Waals surface area contributed by atoms with Gasteiger partial charge in [0.15, 0.2) is 0 Å². The van der Waals surface area contributed by atoms with Gasteiger partial charge in [0.05, 0.1) is 24.7 Å². The van der Waals surface area contributed by atoms with Crippen LogP contribution in [0.2, 0.25) is 0 Å². The number of halogens is 1. The van der Waals surface area contributed by atoms with Crippen LogP contribution in [0.4, 0.5) is 0 Å². The summed E-state index contributed by atoms with van der Waals surface area (Å²) >= 11 is 3.55. The summed E-state index contributed by atoms with van der Waals surface area (Å²) in [6.07, 6.45) is 5.32. The Hall–Kier alpha value is -1.33. The molecule has 0 fully saturated rings. The van der Waals surface area contributed by atoms with Crippen molar-refractivity contribution < 1.29 is 4.74 Å². The van der Waals surface area contributed by atoms with E-state index in [-0.39, 0.29) is 6.04 Å². The highest BCUT2D eigenvalue weighted by Crippen LogP contribution is 2.34. The van der Waals surface area contributed by atoms with Crippen LogP contribution < -0.4 is 10.5 Å². The molecule has 2 heterocycles. The highest BCUT2D eigenvalue weighted by atomic mass is 79.9. The highest BCUT2D eigenvalue weighted by molar-refractivity contribution is 9.10. The highest BCUT2D eigenvalue weighted by Gasteiger charge is 2.20. The van der Waals surface area contributed by atoms with Crippen molar-refractivity contribution in [3.05, 3.63) is 46.0 Å². The zero-order valence-electron chi connectivity index (χ0n) is 10.8. The van der Waals surface area contributed by atoms with Gasteiger partial charge in [-0.25, -0.2) is 4.98 Å². The number of aromatic nitrogens is 2. The van der Waals surface area contributed by atoms with Crippen LogP contribution >= 0.6 is 15.9 Å². The number of aryl methyl sites for hydroxylation is 1. The molecule has 1 atom stereocenters. The number of hydrogen-bond acceptors (Lipinski definition) is 3. The number of fused-ring (bicyclic) bond motifs is 1. The molecule has 0 bridgehead atoms. The molecule has 100 valence electrons. The predicted octanol–water partition coefficient (Wildman–Crippen LogP) is 2.36. The summed E-state index contributed by atoms with van der Waals surface area (Å²) in [4.78, 5) is 4.12. The van der Waals surface area contributed by atoms with Gasteiger partial charge in [-0.1, -0.05) is 15.9 Å². The summed E-state index contributed by atoms with van der Waals surface area (Å²) in [5.74, 6) is 1.01. The Bertz CT molecular complexity index is 609. The van der Waals surface area contributed by atoms with Crippen molar-refractivity contribution in [2.45, 2.75) is 18.9 Å². The molecule has 0 saturated carbocycles. The van der Waals surface area contributed by atoms with E-state index in [4.69, 9.17) is 10.5 Å². The van der Waals surface area contributed by atoms with E-state index in [9.17, 15) is 0 Å². The average Bonchev–Trinajstić information content (AvgIpc) is 2.97. The number of benzene rings is 1. The molecule has 1 aromatic carbocycles. The largest absolute Gasteiger partial charge is 0.493 e. The minimum Gasteiger partial charge on any atom is -0.493 e. The van der Waals surface area contributed by atoms with Gasteiger partial charge in [0.1, 0.15) is 5.75 Å². The van der Waals surface area contributed by atoms with Crippen molar-refractivity contribution in [1.82, 2.24) is 9.55 Å². The molecule has 0 radical (unpaired) electrons. The Morgan fingerprint density at radius 1 is 1.53 bits per heavy atom. The van der Waals surface area contributed by atoms with E-state index in [1.54, 1.807) is 6.33 Å². The molecule has 0 amide bonds. The van der Waals surface area contributed by atoms with E-state index >= 15 is 0 Å². The number of ether oxygens (including phenoxy) is 1. The topological polar surface area (TPSA) is 53.1 Å². The maximum Gasteiger partial charge on any atom is 0.125 e. The molecular weight excluding hydrogens is 306 g/mol. The molecule has 1 aliphatic rings. The van der Waals surface area contributed by atoms with Crippen LogP contribution in [-0.4, -0.2) is 16.2 Å². The fourth-order valence-corrected chi connectivity index (χ4v) is 3.12. The summed E-state index contributed by atoms with van der Waals surface area (Å²) in [6.45, 7) is 0.764. The van der Waals surface area contributed by atoms with E-state index in [2.05, 4.69) is 33.0 Å². The van der Waals surface area contributed by atoms with Gasteiger partial charge in [0.25, 0.3) is 0 Å². The molecule has 0 aliphatic carbocycles. The summed E-state index contributed by atoms with van der Waals surface area (Å²) in [5.41, 5.74) is 9.75. The van der Waals surface area contributed by atoms with Gasteiger partial charge in [-0.05, 0) is 29.7 Å². The lowest BCUT2D eigenvalue weighted by atomic mass is 10.0. The van der Waals surface area contributed by atoms with E-state index in [0.29, 0.717) is 0 Å². The molecule has 1 aromatic heterocycles. The molecule has 0 saturated heterocycles. The lowest BCUT2D eigenvalue weighted by Gasteiger charge is -2.15. The van der Waals surface area contributed by atoms with Crippen molar-refractivity contribution in [2.24, 2.45) is 12.8 Å². The maximum absolute atomic E-state index is 6.28. The quantitative estimate of drug-likeness (QED) is 0.944. The SMILES string of the molecule is Cn1cncc1C(N)Cc1cc(Br)cc2c1OCC2. The molecule has 2 aromatic rings. The summed E-state index contributed by atoms with van der Waals surface area (Å²) < 4.78 is 8.78. The van der Waals surface area contributed by atoms with Gasteiger partial charge in [-0.3, -0.25) is 0 Å². The molecule has 4 nitrogen and oxygen atoms in total. The number of rotatable bonds is 3. The maximum atomic E-state index is 6.28. The number of nitrogens with zero attached hydrogens (tertiary/aromatic N) is 2. The first-order chi connectivity index (χ1) is 9.15. The van der Waals surface area contributed by atoms with Crippen molar-refractivity contribution in [1.29, 1.82) is 0 Å². The van der Waals surface area contributed by atoms with Gasteiger partial charge in [0.2, 0.25) is 0 Å². The van der Waals surface area contributed by atoms with Crippen LogP contribution in [-0.2, 0) is 19.9 Å². The molecule has 5 heteroatoms. The van der Waals surface area contributed by atoms with Gasteiger partial charge in [-0.15, -0.1) is 0 Å². The first-order valence-corrected chi connectivity index (χ1v) is 7.10. The van der Waals surface area contributed by atoms with E-state index in [1.165, 1.54) is 5.56 Å². The Morgan fingerprint density at radius 3 is 3.11 bits per heavy atom. The van der Waals surface area contributed by atoms with Crippen molar-refractivity contribution >= 4 is 15.9 Å². The number of hydrogen-bond donors (Lipinski definition) is 1. The Kier molecular flexibility index (Phi) is 3.33. The molecule has 1 unspecified atom stereocenters. The molecular formula is C14H16BrN3O. The third-order valence-corrected chi connectivity index (χ3v) is 3.96. The predicted molar refractivity (Wildman–Crippen MR) is 77.2 cm³/mol. The first-order valence-electron chi connectivity index (χ1n) is 6.31.